The molecule has 0 saturated carbocycles. The average molecular weight is 304 g/mol. The molecule has 1 saturated heterocycles. The molecule has 3 rings (SSSR count). The molecule has 7 nitrogen and oxygen atoms in total. The van der Waals surface area contributed by atoms with Crippen molar-refractivity contribution in [2.24, 2.45) is 0 Å². The lowest BCUT2D eigenvalue weighted by Gasteiger charge is -2.39. The number of carbonyl (C=O) groups is 1. The molecule has 8 heteroatoms. The molecular weight excluding hydrogens is 288 g/mol. The predicted octanol–water partition coefficient (Wildman–Crippen LogP) is 1.22. The topological polar surface area (TPSA) is 83.9 Å². The van der Waals surface area contributed by atoms with Crippen molar-refractivity contribution in [1.29, 1.82) is 0 Å². The number of likely N-dealkylation sites (tertiary alicyclic amines) is 1. The summed E-state index contributed by atoms with van der Waals surface area (Å²) in [6.07, 6.45) is 5.14. The van der Waals surface area contributed by atoms with Gasteiger partial charge in [-0.25, -0.2) is 9.97 Å². The number of carbonyl (C=O) groups excluding carboxylic acids is 1. The second kappa shape index (κ2) is 6.13. The summed E-state index contributed by atoms with van der Waals surface area (Å²) in [4.78, 5) is 23.1. The highest BCUT2D eigenvalue weighted by Crippen LogP contribution is 2.20. The van der Waals surface area contributed by atoms with Gasteiger partial charge in [-0.1, -0.05) is 17.8 Å². The van der Waals surface area contributed by atoms with Crippen LogP contribution >= 0.6 is 11.5 Å². The van der Waals surface area contributed by atoms with E-state index in [1.165, 1.54) is 11.5 Å². The number of hydrogen-bond donors (Lipinski definition) is 1. The maximum atomic E-state index is 12.4. The second-order valence-electron chi connectivity index (χ2n) is 4.92. The highest BCUT2D eigenvalue weighted by Gasteiger charge is 2.33. The zero-order valence-electron chi connectivity index (χ0n) is 11.7. The lowest BCUT2D eigenvalue weighted by atomic mass is 10.1. The van der Waals surface area contributed by atoms with E-state index in [9.17, 15) is 4.79 Å². The average Bonchev–Trinajstić information content (AvgIpc) is 2.91. The first-order chi connectivity index (χ1) is 10.3. The molecule has 1 fully saturated rings. The van der Waals surface area contributed by atoms with Crippen molar-refractivity contribution in [3.05, 3.63) is 29.0 Å². The van der Waals surface area contributed by atoms with E-state index in [-0.39, 0.29) is 11.9 Å². The maximum absolute atomic E-state index is 12.4. The van der Waals surface area contributed by atoms with E-state index < -0.39 is 0 Å². The van der Waals surface area contributed by atoms with Gasteiger partial charge in [0.2, 0.25) is 5.95 Å². The largest absolute Gasteiger partial charge is 0.348 e. The van der Waals surface area contributed by atoms with Crippen LogP contribution < -0.4 is 5.32 Å². The van der Waals surface area contributed by atoms with Crippen LogP contribution in [-0.4, -0.2) is 49.5 Å². The molecular formula is C13H16N6OS. The minimum atomic E-state index is 0.0282. The molecule has 1 amide bonds. The summed E-state index contributed by atoms with van der Waals surface area (Å²) in [7, 11) is 0. The fraction of sp³-hybridized carbons (Fsp3) is 0.462. The van der Waals surface area contributed by atoms with Crippen LogP contribution in [0.1, 0.15) is 28.7 Å². The number of amides is 1. The first-order valence-electron chi connectivity index (χ1n) is 6.92. The van der Waals surface area contributed by atoms with E-state index in [0.717, 1.165) is 18.5 Å². The van der Waals surface area contributed by atoms with Gasteiger partial charge in [-0.05, 0) is 24.0 Å². The van der Waals surface area contributed by atoms with E-state index in [0.29, 0.717) is 23.9 Å². The van der Waals surface area contributed by atoms with Gasteiger partial charge in [0.25, 0.3) is 5.91 Å². The Morgan fingerprint density at radius 2 is 2.19 bits per heavy atom. The lowest BCUT2D eigenvalue weighted by molar-refractivity contribution is 0.0628. The summed E-state index contributed by atoms with van der Waals surface area (Å²) in [5.41, 5.74) is 0.815. The van der Waals surface area contributed by atoms with Gasteiger partial charge in [-0.3, -0.25) is 4.79 Å². The molecule has 0 radical (unpaired) electrons. The van der Waals surface area contributed by atoms with Crippen LogP contribution in [0.15, 0.2) is 18.5 Å². The van der Waals surface area contributed by atoms with Gasteiger partial charge in [0.15, 0.2) is 0 Å². The van der Waals surface area contributed by atoms with Crippen LogP contribution in [-0.2, 0) is 6.42 Å². The molecule has 21 heavy (non-hydrogen) atoms. The first kappa shape index (κ1) is 13.9. The van der Waals surface area contributed by atoms with Gasteiger partial charge in [0.1, 0.15) is 4.88 Å². The van der Waals surface area contributed by atoms with Crippen LogP contribution in [0.25, 0.3) is 0 Å². The van der Waals surface area contributed by atoms with Crippen LogP contribution in [0.4, 0.5) is 5.95 Å². The van der Waals surface area contributed by atoms with Gasteiger partial charge in [-0.2, -0.15) is 0 Å². The van der Waals surface area contributed by atoms with Crippen molar-refractivity contribution in [2.45, 2.75) is 25.8 Å². The number of rotatable bonds is 5. The number of aryl methyl sites for hydroxylation is 1. The third-order valence-electron chi connectivity index (χ3n) is 3.30. The summed E-state index contributed by atoms with van der Waals surface area (Å²) < 4.78 is 3.90. The molecule has 0 atom stereocenters. The van der Waals surface area contributed by atoms with Gasteiger partial charge in [0, 0.05) is 25.5 Å². The summed E-state index contributed by atoms with van der Waals surface area (Å²) in [6.45, 7) is 3.37. The molecule has 2 aromatic heterocycles. The molecule has 2 aromatic rings. The Balaban J connectivity index is 1.56. The molecule has 0 aromatic carbocycles. The molecule has 0 unspecified atom stereocenters. The quantitative estimate of drug-likeness (QED) is 0.894. The molecule has 1 aliphatic rings. The zero-order chi connectivity index (χ0) is 14.7. The normalized spacial score (nSPS) is 14.8. The number of aromatic nitrogens is 4. The maximum Gasteiger partial charge on any atom is 0.267 e. The third kappa shape index (κ3) is 2.99. The van der Waals surface area contributed by atoms with E-state index in [1.807, 2.05) is 0 Å². The SMILES string of the molecule is CCCc1nnsc1C(=O)N1CC(Nc2ncccn2)C1. The molecule has 0 aliphatic carbocycles. The van der Waals surface area contributed by atoms with E-state index in [4.69, 9.17) is 0 Å². The zero-order valence-corrected chi connectivity index (χ0v) is 12.5. The molecule has 110 valence electrons. The first-order valence-corrected chi connectivity index (χ1v) is 7.69. The van der Waals surface area contributed by atoms with Crippen LogP contribution in [0, 0.1) is 0 Å². The van der Waals surface area contributed by atoms with Crippen molar-refractivity contribution in [3.8, 4) is 0 Å². The van der Waals surface area contributed by atoms with Crippen LogP contribution in [0.5, 0.6) is 0 Å². The van der Waals surface area contributed by atoms with Crippen molar-refractivity contribution in [3.63, 3.8) is 0 Å². The molecule has 0 spiro atoms. The van der Waals surface area contributed by atoms with Crippen LogP contribution in [0.3, 0.4) is 0 Å². The Labute approximate surface area is 126 Å². The number of nitrogens with zero attached hydrogens (tertiary/aromatic N) is 5. The molecule has 1 N–H and O–H groups in total. The Morgan fingerprint density at radius 3 is 2.90 bits per heavy atom. The number of anilines is 1. The minimum Gasteiger partial charge on any atom is -0.348 e. The van der Waals surface area contributed by atoms with Crippen molar-refractivity contribution >= 4 is 23.4 Å². The van der Waals surface area contributed by atoms with Gasteiger partial charge in [-0.15, -0.1) is 5.10 Å². The Hall–Kier alpha value is -2.09. The van der Waals surface area contributed by atoms with Gasteiger partial charge in [0.05, 0.1) is 11.7 Å². The summed E-state index contributed by atoms with van der Waals surface area (Å²) in [5, 5.41) is 7.24. The third-order valence-corrected chi connectivity index (χ3v) is 4.06. The highest BCUT2D eigenvalue weighted by atomic mass is 32.1. The fourth-order valence-electron chi connectivity index (χ4n) is 2.21. The number of nitrogens with one attached hydrogen (secondary N) is 1. The van der Waals surface area contributed by atoms with Crippen molar-refractivity contribution in [2.75, 3.05) is 18.4 Å². The van der Waals surface area contributed by atoms with Crippen molar-refractivity contribution in [1.82, 2.24) is 24.5 Å². The van der Waals surface area contributed by atoms with Gasteiger partial charge >= 0.3 is 0 Å². The van der Waals surface area contributed by atoms with E-state index in [2.05, 4.69) is 31.8 Å². The second-order valence-corrected chi connectivity index (χ2v) is 5.68. The smallest absolute Gasteiger partial charge is 0.267 e. The fourth-order valence-corrected chi connectivity index (χ4v) is 2.88. The standard InChI is InChI=1S/C13H16N6OS/c1-2-4-10-11(21-18-17-10)12(20)19-7-9(8-19)16-13-14-5-3-6-15-13/h3,5-6,9H,2,4,7-8H2,1H3,(H,14,15,16). The predicted molar refractivity (Wildman–Crippen MR) is 79.3 cm³/mol. The Bertz CT molecular complexity index is 610. The Kier molecular flexibility index (Phi) is 4.05. The van der Waals surface area contributed by atoms with Crippen LogP contribution in [0.2, 0.25) is 0 Å². The summed E-state index contributed by atoms with van der Waals surface area (Å²) in [6, 6.07) is 1.97. The minimum absolute atomic E-state index is 0.0282. The van der Waals surface area contributed by atoms with E-state index in [1.54, 1.807) is 23.4 Å². The van der Waals surface area contributed by atoms with Gasteiger partial charge < -0.3 is 10.2 Å². The number of hydrogen-bond acceptors (Lipinski definition) is 7. The monoisotopic (exact) mass is 304 g/mol. The summed E-state index contributed by atoms with van der Waals surface area (Å²) in [5.74, 6) is 0.626. The van der Waals surface area contributed by atoms with E-state index >= 15 is 0 Å². The molecule has 1 aliphatic heterocycles. The summed E-state index contributed by atoms with van der Waals surface area (Å²) >= 11 is 1.18. The Morgan fingerprint density at radius 1 is 1.43 bits per heavy atom. The highest BCUT2D eigenvalue weighted by molar-refractivity contribution is 7.08. The molecule has 0 bridgehead atoms. The van der Waals surface area contributed by atoms with Crippen molar-refractivity contribution < 1.29 is 4.79 Å². The lowest BCUT2D eigenvalue weighted by Crippen LogP contribution is -2.57. The molecule has 3 heterocycles.